The third-order valence-corrected chi connectivity index (χ3v) is 2.51. The molecule has 1 N–H and O–H groups in total. The summed E-state index contributed by atoms with van der Waals surface area (Å²) in [6.07, 6.45) is 0.396. The van der Waals surface area contributed by atoms with Gasteiger partial charge in [0.25, 0.3) is 0 Å². The highest BCUT2D eigenvalue weighted by atomic mass is 15.3. The van der Waals surface area contributed by atoms with Crippen LogP contribution in [0.2, 0.25) is 0 Å². The minimum absolute atomic E-state index is 0.396. The van der Waals surface area contributed by atoms with Crippen molar-refractivity contribution in [2.75, 3.05) is 18.4 Å². The molecule has 0 heterocycles. The normalized spacial score (nSPS) is 12.9. The summed E-state index contributed by atoms with van der Waals surface area (Å²) in [5.74, 6) is 0. The quantitative estimate of drug-likeness (QED) is 0.722. The monoisotopic (exact) mass is 192 g/mol. The van der Waals surface area contributed by atoms with Crippen molar-refractivity contribution in [1.29, 1.82) is 0 Å². The minimum atomic E-state index is 0.396. The topological polar surface area (TPSA) is 15.3 Å². The van der Waals surface area contributed by atoms with Gasteiger partial charge < -0.3 is 5.32 Å². The maximum atomic E-state index is 3.47. The third-order valence-electron chi connectivity index (χ3n) is 2.51. The van der Waals surface area contributed by atoms with Crippen molar-refractivity contribution in [3.8, 4) is 0 Å². The van der Waals surface area contributed by atoms with Gasteiger partial charge in [0, 0.05) is 5.69 Å². The van der Waals surface area contributed by atoms with Crippen molar-refractivity contribution in [2.24, 2.45) is 0 Å². The molecule has 0 fully saturated rings. The van der Waals surface area contributed by atoms with Crippen LogP contribution in [0.4, 0.5) is 5.69 Å². The fourth-order valence-corrected chi connectivity index (χ4v) is 1.64. The van der Waals surface area contributed by atoms with Gasteiger partial charge in [-0.1, -0.05) is 32.0 Å². The first-order valence-electron chi connectivity index (χ1n) is 5.33. The van der Waals surface area contributed by atoms with E-state index < -0.39 is 0 Å². The summed E-state index contributed by atoms with van der Waals surface area (Å²) >= 11 is 0. The molecule has 1 unspecified atom stereocenters. The highest BCUT2D eigenvalue weighted by Gasteiger charge is 2.08. The Kier molecular flexibility index (Phi) is 4.47. The second kappa shape index (κ2) is 5.66. The second-order valence-electron chi connectivity index (χ2n) is 3.41. The van der Waals surface area contributed by atoms with Gasteiger partial charge in [0.15, 0.2) is 0 Å². The van der Waals surface area contributed by atoms with Crippen molar-refractivity contribution in [3.63, 3.8) is 0 Å². The largest absolute Gasteiger partial charge is 0.370 e. The molecule has 78 valence electrons. The summed E-state index contributed by atoms with van der Waals surface area (Å²) in [5.41, 5.74) is 1.19. The predicted octanol–water partition coefficient (Wildman–Crippen LogP) is 2.79. The molecule has 1 aromatic carbocycles. The molecule has 0 amide bonds. The second-order valence-corrected chi connectivity index (χ2v) is 3.41. The molecule has 0 aliphatic rings. The van der Waals surface area contributed by atoms with Gasteiger partial charge in [0.2, 0.25) is 0 Å². The Bertz CT molecular complexity index is 242. The molecule has 2 heteroatoms. The first-order chi connectivity index (χ1) is 6.77. The van der Waals surface area contributed by atoms with E-state index in [1.807, 2.05) is 6.07 Å². The molecule has 0 bridgehead atoms. The van der Waals surface area contributed by atoms with Crippen molar-refractivity contribution < 1.29 is 0 Å². The maximum absolute atomic E-state index is 3.47. The first-order valence-corrected chi connectivity index (χ1v) is 5.33. The van der Waals surface area contributed by atoms with Crippen LogP contribution in [0.15, 0.2) is 30.3 Å². The molecule has 0 radical (unpaired) electrons. The van der Waals surface area contributed by atoms with Crippen LogP contribution in [-0.4, -0.2) is 24.2 Å². The summed E-state index contributed by atoms with van der Waals surface area (Å²) in [5, 5.41) is 3.47. The number of benzene rings is 1. The zero-order valence-corrected chi connectivity index (χ0v) is 9.33. The summed E-state index contributed by atoms with van der Waals surface area (Å²) in [4.78, 5) is 2.38. The van der Waals surface area contributed by atoms with Gasteiger partial charge in [0.05, 0.1) is 6.17 Å². The highest BCUT2D eigenvalue weighted by Crippen LogP contribution is 2.08. The smallest absolute Gasteiger partial charge is 0.0764 e. The van der Waals surface area contributed by atoms with Gasteiger partial charge in [-0.25, -0.2) is 0 Å². The van der Waals surface area contributed by atoms with Crippen molar-refractivity contribution in [1.82, 2.24) is 4.90 Å². The SMILES string of the molecule is CCN(CC)C(C)Nc1ccccc1. The van der Waals surface area contributed by atoms with Crippen LogP contribution in [0.25, 0.3) is 0 Å². The first kappa shape index (κ1) is 11.1. The van der Waals surface area contributed by atoms with Crippen LogP contribution in [0.5, 0.6) is 0 Å². The molecule has 2 nitrogen and oxygen atoms in total. The number of para-hydroxylation sites is 1. The lowest BCUT2D eigenvalue weighted by Gasteiger charge is -2.27. The van der Waals surface area contributed by atoms with E-state index in [0.29, 0.717) is 6.17 Å². The minimum Gasteiger partial charge on any atom is -0.370 e. The predicted molar refractivity (Wildman–Crippen MR) is 62.4 cm³/mol. The molecule has 0 spiro atoms. The summed E-state index contributed by atoms with van der Waals surface area (Å²) in [6, 6.07) is 10.3. The molecule has 1 rings (SSSR count). The van der Waals surface area contributed by atoms with Crippen LogP contribution in [-0.2, 0) is 0 Å². The van der Waals surface area contributed by atoms with E-state index in [1.165, 1.54) is 5.69 Å². The van der Waals surface area contributed by atoms with Gasteiger partial charge in [-0.2, -0.15) is 0 Å². The van der Waals surface area contributed by atoms with Crippen LogP contribution in [0, 0.1) is 0 Å². The van der Waals surface area contributed by atoms with Gasteiger partial charge >= 0.3 is 0 Å². The molecule has 0 aliphatic heterocycles. The van der Waals surface area contributed by atoms with E-state index in [2.05, 4.69) is 55.3 Å². The van der Waals surface area contributed by atoms with Gasteiger partial charge in [-0.3, -0.25) is 4.90 Å². The Morgan fingerprint density at radius 1 is 1.14 bits per heavy atom. The molecule has 1 aromatic rings. The number of hydrogen-bond acceptors (Lipinski definition) is 2. The van der Waals surface area contributed by atoms with Crippen LogP contribution < -0.4 is 5.32 Å². The average Bonchev–Trinajstić information content (AvgIpc) is 2.21. The molecule has 0 saturated heterocycles. The molecule has 1 atom stereocenters. The van der Waals surface area contributed by atoms with E-state index in [1.54, 1.807) is 0 Å². The molecular weight excluding hydrogens is 172 g/mol. The van der Waals surface area contributed by atoms with E-state index >= 15 is 0 Å². The fraction of sp³-hybridized carbons (Fsp3) is 0.500. The lowest BCUT2D eigenvalue weighted by Crippen LogP contribution is -2.38. The Labute approximate surface area is 86.9 Å². The van der Waals surface area contributed by atoms with Crippen LogP contribution in [0.3, 0.4) is 0 Å². The Morgan fingerprint density at radius 3 is 2.21 bits per heavy atom. The van der Waals surface area contributed by atoms with Gasteiger partial charge in [-0.05, 0) is 32.1 Å². The highest BCUT2D eigenvalue weighted by molar-refractivity contribution is 5.42. The number of nitrogens with zero attached hydrogens (tertiary/aromatic N) is 1. The zero-order chi connectivity index (χ0) is 10.4. The molecule has 14 heavy (non-hydrogen) atoms. The number of hydrogen-bond donors (Lipinski definition) is 1. The standard InChI is InChI=1S/C12H20N2/c1-4-14(5-2)11(3)13-12-9-7-6-8-10-12/h6-11,13H,4-5H2,1-3H3. The van der Waals surface area contributed by atoms with Gasteiger partial charge in [-0.15, -0.1) is 0 Å². The van der Waals surface area contributed by atoms with E-state index in [-0.39, 0.29) is 0 Å². The Balaban J connectivity index is 2.52. The molecular formula is C12H20N2. The number of anilines is 1. The summed E-state index contributed by atoms with van der Waals surface area (Å²) in [7, 11) is 0. The maximum Gasteiger partial charge on any atom is 0.0764 e. The Morgan fingerprint density at radius 2 is 1.71 bits per heavy atom. The van der Waals surface area contributed by atoms with Crippen molar-refractivity contribution >= 4 is 5.69 Å². The fourth-order valence-electron chi connectivity index (χ4n) is 1.64. The third kappa shape index (κ3) is 3.04. The molecule has 0 aromatic heterocycles. The molecule has 0 saturated carbocycles. The van der Waals surface area contributed by atoms with Gasteiger partial charge in [0.1, 0.15) is 0 Å². The van der Waals surface area contributed by atoms with Crippen molar-refractivity contribution in [3.05, 3.63) is 30.3 Å². The Hall–Kier alpha value is -1.02. The van der Waals surface area contributed by atoms with Crippen molar-refractivity contribution in [2.45, 2.75) is 26.9 Å². The number of nitrogens with one attached hydrogen (secondary N) is 1. The lowest BCUT2D eigenvalue weighted by molar-refractivity contribution is 0.253. The average molecular weight is 192 g/mol. The van der Waals surface area contributed by atoms with Crippen LogP contribution in [0.1, 0.15) is 20.8 Å². The number of rotatable bonds is 5. The van der Waals surface area contributed by atoms with E-state index in [9.17, 15) is 0 Å². The van der Waals surface area contributed by atoms with E-state index in [4.69, 9.17) is 0 Å². The van der Waals surface area contributed by atoms with Crippen LogP contribution >= 0.6 is 0 Å². The van der Waals surface area contributed by atoms with E-state index in [0.717, 1.165) is 13.1 Å². The molecule has 0 aliphatic carbocycles. The lowest BCUT2D eigenvalue weighted by atomic mass is 10.3. The summed E-state index contributed by atoms with van der Waals surface area (Å²) < 4.78 is 0. The summed E-state index contributed by atoms with van der Waals surface area (Å²) in [6.45, 7) is 8.73. The zero-order valence-electron chi connectivity index (χ0n) is 9.33.